The molecule has 1 aromatic carbocycles. The van der Waals surface area contributed by atoms with Gasteiger partial charge in [-0.05, 0) is 53.6 Å². The van der Waals surface area contributed by atoms with Crippen LogP contribution in [0.3, 0.4) is 0 Å². The maximum absolute atomic E-state index is 12.1. The van der Waals surface area contributed by atoms with Gasteiger partial charge in [0.25, 0.3) is 5.91 Å². The highest BCUT2D eigenvalue weighted by molar-refractivity contribution is 14.1. The van der Waals surface area contributed by atoms with E-state index in [0.29, 0.717) is 23.7 Å². The van der Waals surface area contributed by atoms with Gasteiger partial charge in [-0.1, -0.05) is 11.6 Å². The number of hydrogen-bond acceptors (Lipinski definition) is 2. The van der Waals surface area contributed by atoms with E-state index in [0.717, 1.165) is 16.4 Å². The number of nitrogens with zero attached hydrogens (tertiary/aromatic N) is 1. The van der Waals surface area contributed by atoms with Crippen molar-refractivity contribution in [3.63, 3.8) is 0 Å². The van der Waals surface area contributed by atoms with Crippen LogP contribution in [0.5, 0.6) is 0 Å². The summed E-state index contributed by atoms with van der Waals surface area (Å²) in [5.74, 6) is -0.105. The maximum atomic E-state index is 12.1. The SMILES string of the molecule is O=C(c1cc(Cl)ccc1I)N1CCCCO1. The highest BCUT2D eigenvalue weighted by atomic mass is 127. The second-order valence-corrected chi connectivity index (χ2v) is 5.17. The fourth-order valence-corrected chi connectivity index (χ4v) is 2.29. The number of carbonyl (C=O) groups is 1. The van der Waals surface area contributed by atoms with E-state index < -0.39 is 0 Å². The van der Waals surface area contributed by atoms with Crippen LogP contribution in [0.2, 0.25) is 5.02 Å². The number of hydroxylamine groups is 2. The Morgan fingerprint density at radius 2 is 2.25 bits per heavy atom. The van der Waals surface area contributed by atoms with Gasteiger partial charge in [-0.3, -0.25) is 9.63 Å². The number of benzene rings is 1. The molecule has 1 saturated heterocycles. The van der Waals surface area contributed by atoms with Gasteiger partial charge in [0.05, 0.1) is 12.2 Å². The minimum Gasteiger partial charge on any atom is -0.271 e. The van der Waals surface area contributed by atoms with Gasteiger partial charge in [0, 0.05) is 15.1 Å². The average Bonchev–Trinajstić information content (AvgIpc) is 2.32. The molecule has 0 bridgehead atoms. The third-order valence-electron chi connectivity index (χ3n) is 2.39. The Morgan fingerprint density at radius 3 is 2.94 bits per heavy atom. The van der Waals surface area contributed by atoms with E-state index in [9.17, 15) is 4.79 Å². The molecule has 2 rings (SSSR count). The molecule has 0 unspecified atom stereocenters. The lowest BCUT2D eigenvalue weighted by molar-refractivity contribution is -0.144. The van der Waals surface area contributed by atoms with Gasteiger partial charge >= 0.3 is 0 Å². The molecular formula is C11H11ClINO2. The first-order valence-corrected chi connectivity index (χ1v) is 6.54. The van der Waals surface area contributed by atoms with Crippen molar-refractivity contribution >= 4 is 40.1 Å². The van der Waals surface area contributed by atoms with Gasteiger partial charge in [-0.25, -0.2) is 5.06 Å². The molecule has 1 fully saturated rings. The van der Waals surface area contributed by atoms with Gasteiger partial charge in [-0.15, -0.1) is 0 Å². The van der Waals surface area contributed by atoms with Crippen molar-refractivity contribution in [2.24, 2.45) is 0 Å². The summed E-state index contributed by atoms with van der Waals surface area (Å²) >= 11 is 8.01. The Labute approximate surface area is 113 Å². The third kappa shape index (κ3) is 2.67. The molecule has 1 aliphatic rings. The summed E-state index contributed by atoms with van der Waals surface area (Å²) in [6.07, 6.45) is 2.00. The number of hydrogen-bond donors (Lipinski definition) is 0. The minimum absolute atomic E-state index is 0.105. The first-order valence-electron chi connectivity index (χ1n) is 5.08. The van der Waals surface area contributed by atoms with Crippen LogP contribution in [0.1, 0.15) is 23.2 Å². The molecule has 0 atom stereocenters. The van der Waals surface area contributed by atoms with E-state index in [1.807, 2.05) is 6.07 Å². The lowest BCUT2D eigenvalue weighted by Crippen LogP contribution is -2.36. The zero-order valence-electron chi connectivity index (χ0n) is 8.58. The summed E-state index contributed by atoms with van der Waals surface area (Å²) in [6.45, 7) is 1.27. The van der Waals surface area contributed by atoms with Crippen LogP contribution in [-0.2, 0) is 4.84 Å². The van der Waals surface area contributed by atoms with Crippen molar-refractivity contribution in [2.45, 2.75) is 12.8 Å². The van der Waals surface area contributed by atoms with E-state index >= 15 is 0 Å². The Kier molecular flexibility index (Phi) is 4.05. The fourth-order valence-electron chi connectivity index (χ4n) is 1.55. The largest absolute Gasteiger partial charge is 0.278 e. The third-order valence-corrected chi connectivity index (χ3v) is 3.56. The van der Waals surface area contributed by atoms with Gasteiger partial charge in [-0.2, -0.15) is 0 Å². The van der Waals surface area contributed by atoms with Crippen LogP contribution in [-0.4, -0.2) is 24.1 Å². The van der Waals surface area contributed by atoms with Crippen molar-refractivity contribution in [1.29, 1.82) is 0 Å². The molecule has 3 nitrogen and oxygen atoms in total. The highest BCUT2D eigenvalue weighted by Crippen LogP contribution is 2.20. The lowest BCUT2D eigenvalue weighted by Gasteiger charge is -2.26. The van der Waals surface area contributed by atoms with E-state index in [4.69, 9.17) is 16.4 Å². The predicted octanol–water partition coefficient (Wildman–Crippen LogP) is 3.11. The van der Waals surface area contributed by atoms with Crippen LogP contribution < -0.4 is 0 Å². The number of rotatable bonds is 1. The Balaban J connectivity index is 2.22. The molecular weight excluding hydrogens is 340 g/mol. The van der Waals surface area contributed by atoms with Crippen LogP contribution in [0.25, 0.3) is 0 Å². The first-order chi connectivity index (χ1) is 7.68. The van der Waals surface area contributed by atoms with Gasteiger partial charge in [0.15, 0.2) is 0 Å². The zero-order chi connectivity index (χ0) is 11.5. The number of amides is 1. The van der Waals surface area contributed by atoms with E-state index in [-0.39, 0.29) is 5.91 Å². The van der Waals surface area contributed by atoms with Gasteiger partial charge in [0.2, 0.25) is 0 Å². The molecule has 0 radical (unpaired) electrons. The maximum Gasteiger partial charge on any atom is 0.278 e. The minimum atomic E-state index is -0.105. The summed E-state index contributed by atoms with van der Waals surface area (Å²) in [5.41, 5.74) is 0.606. The molecule has 1 heterocycles. The summed E-state index contributed by atoms with van der Waals surface area (Å²) in [4.78, 5) is 17.4. The molecule has 16 heavy (non-hydrogen) atoms. The number of halogens is 2. The zero-order valence-corrected chi connectivity index (χ0v) is 11.5. The molecule has 0 aromatic heterocycles. The highest BCUT2D eigenvalue weighted by Gasteiger charge is 2.21. The molecule has 86 valence electrons. The van der Waals surface area contributed by atoms with Crippen LogP contribution in [0.15, 0.2) is 18.2 Å². The molecule has 0 N–H and O–H groups in total. The van der Waals surface area contributed by atoms with Crippen molar-refractivity contribution in [3.8, 4) is 0 Å². The topological polar surface area (TPSA) is 29.5 Å². The van der Waals surface area contributed by atoms with E-state index in [1.54, 1.807) is 12.1 Å². The second kappa shape index (κ2) is 5.33. The molecule has 1 aromatic rings. The Morgan fingerprint density at radius 1 is 1.44 bits per heavy atom. The lowest BCUT2D eigenvalue weighted by atomic mass is 10.2. The van der Waals surface area contributed by atoms with Crippen molar-refractivity contribution in [1.82, 2.24) is 5.06 Å². The number of carbonyl (C=O) groups excluding carboxylic acids is 1. The monoisotopic (exact) mass is 351 g/mol. The predicted molar refractivity (Wildman–Crippen MR) is 70.4 cm³/mol. The van der Waals surface area contributed by atoms with Crippen LogP contribution in [0.4, 0.5) is 0 Å². The summed E-state index contributed by atoms with van der Waals surface area (Å²) < 4.78 is 0.890. The Hall–Kier alpha value is -0.330. The van der Waals surface area contributed by atoms with Crippen LogP contribution in [0, 0.1) is 3.57 Å². The van der Waals surface area contributed by atoms with E-state index in [1.165, 1.54) is 5.06 Å². The Bertz CT molecular complexity index is 405. The van der Waals surface area contributed by atoms with Gasteiger partial charge in [0.1, 0.15) is 0 Å². The smallest absolute Gasteiger partial charge is 0.271 e. The van der Waals surface area contributed by atoms with E-state index in [2.05, 4.69) is 22.6 Å². The quantitative estimate of drug-likeness (QED) is 0.728. The summed E-state index contributed by atoms with van der Waals surface area (Å²) in [5, 5.41) is 2.00. The second-order valence-electron chi connectivity index (χ2n) is 3.57. The average molecular weight is 352 g/mol. The molecule has 0 aliphatic carbocycles. The molecule has 1 amide bonds. The molecule has 5 heteroatoms. The van der Waals surface area contributed by atoms with Crippen molar-refractivity contribution in [3.05, 3.63) is 32.4 Å². The molecule has 1 aliphatic heterocycles. The molecule has 0 spiro atoms. The van der Waals surface area contributed by atoms with Crippen LogP contribution >= 0.6 is 34.2 Å². The fraction of sp³-hybridized carbons (Fsp3) is 0.364. The summed E-state index contributed by atoms with van der Waals surface area (Å²) in [7, 11) is 0. The summed E-state index contributed by atoms with van der Waals surface area (Å²) in [6, 6.07) is 5.29. The van der Waals surface area contributed by atoms with Crippen molar-refractivity contribution < 1.29 is 9.63 Å². The van der Waals surface area contributed by atoms with Gasteiger partial charge < -0.3 is 0 Å². The van der Waals surface area contributed by atoms with Crippen molar-refractivity contribution in [2.75, 3.05) is 13.2 Å². The normalized spacial score (nSPS) is 16.2. The standard InChI is InChI=1S/C11H11ClINO2/c12-8-3-4-10(13)9(7-8)11(15)14-5-1-2-6-16-14/h3-4,7H,1-2,5-6H2. The molecule has 0 saturated carbocycles. The first kappa shape index (κ1) is 12.1.